The zero-order valence-corrected chi connectivity index (χ0v) is 15.3. The number of hydrogen-bond acceptors (Lipinski definition) is 1. The maximum Gasteiger partial charge on any atom is 0.144 e. The van der Waals surface area contributed by atoms with Crippen molar-refractivity contribution in [2.45, 2.75) is 25.7 Å². The fourth-order valence-corrected chi connectivity index (χ4v) is 5.88. The molecule has 2 bridgehead atoms. The summed E-state index contributed by atoms with van der Waals surface area (Å²) in [6, 6.07) is 21.8. The molecule has 1 saturated carbocycles. The summed E-state index contributed by atoms with van der Waals surface area (Å²) < 4.78 is 0. The van der Waals surface area contributed by atoms with Gasteiger partial charge in [-0.2, -0.15) is 0 Å². The maximum absolute atomic E-state index is 13.2. The minimum atomic E-state index is -0.123. The minimum Gasteiger partial charge on any atom is -0.299 e. The van der Waals surface area contributed by atoms with Crippen LogP contribution in [0.15, 0.2) is 72.8 Å². The molecular weight excluding hydrogens is 328 g/mol. The average Bonchev–Trinajstić information content (AvgIpc) is 3.30. The lowest BCUT2D eigenvalue weighted by atomic mass is 9.63. The summed E-state index contributed by atoms with van der Waals surface area (Å²) in [4.78, 5) is 13.2. The second-order valence-corrected chi connectivity index (χ2v) is 8.64. The van der Waals surface area contributed by atoms with Crippen molar-refractivity contribution >= 4 is 16.6 Å². The predicted octanol–water partition coefficient (Wildman–Crippen LogP) is 5.76. The van der Waals surface area contributed by atoms with Gasteiger partial charge in [0.2, 0.25) is 0 Å². The van der Waals surface area contributed by atoms with Crippen molar-refractivity contribution < 1.29 is 4.79 Å². The molecule has 1 heteroatoms. The van der Waals surface area contributed by atoms with E-state index in [1.54, 1.807) is 0 Å². The molecule has 0 radical (unpaired) electrons. The summed E-state index contributed by atoms with van der Waals surface area (Å²) in [6.45, 7) is 0. The molecule has 3 aliphatic rings. The first kappa shape index (κ1) is 15.4. The van der Waals surface area contributed by atoms with E-state index in [2.05, 4.69) is 72.8 Å². The van der Waals surface area contributed by atoms with Crippen LogP contribution in [0, 0.1) is 17.3 Å². The van der Waals surface area contributed by atoms with Crippen LogP contribution in [0.1, 0.15) is 24.0 Å². The van der Waals surface area contributed by atoms with Crippen molar-refractivity contribution in [2.75, 3.05) is 0 Å². The van der Waals surface area contributed by atoms with Crippen LogP contribution in [0.3, 0.4) is 0 Å². The van der Waals surface area contributed by atoms with Gasteiger partial charge >= 0.3 is 0 Å². The Morgan fingerprint density at radius 3 is 2.56 bits per heavy atom. The third kappa shape index (κ3) is 2.15. The largest absolute Gasteiger partial charge is 0.299 e. The summed E-state index contributed by atoms with van der Waals surface area (Å²) in [5.74, 6) is 1.56. The highest BCUT2D eigenvalue weighted by atomic mass is 16.1. The van der Waals surface area contributed by atoms with Gasteiger partial charge in [0, 0.05) is 11.8 Å². The second kappa shape index (κ2) is 5.42. The number of ketones is 1. The van der Waals surface area contributed by atoms with E-state index in [1.807, 2.05) is 0 Å². The van der Waals surface area contributed by atoms with Crippen LogP contribution >= 0.6 is 0 Å². The summed E-state index contributed by atoms with van der Waals surface area (Å²) in [7, 11) is 0. The first-order valence-corrected chi connectivity index (χ1v) is 10.0. The Kier molecular flexibility index (Phi) is 3.09. The molecule has 0 saturated heterocycles. The van der Waals surface area contributed by atoms with E-state index >= 15 is 0 Å². The van der Waals surface area contributed by atoms with E-state index < -0.39 is 0 Å². The maximum atomic E-state index is 13.2. The first-order chi connectivity index (χ1) is 13.2. The Labute approximate surface area is 159 Å². The molecule has 6 rings (SSSR count). The van der Waals surface area contributed by atoms with Crippen LogP contribution in [0.25, 0.3) is 21.9 Å². The summed E-state index contributed by atoms with van der Waals surface area (Å²) in [6.07, 6.45) is 8.44. The minimum absolute atomic E-state index is 0.123. The number of Topliss-reactive ketones (excluding diaryl/α,β-unsaturated/α-hetero) is 1. The zero-order valence-electron chi connectivity index (χ0n) is 15.3. The van der Waals surface area contributed by atoms with Gasteiger partial charge in [-0.1, -0.05) is 72.8 Å². The van der Waals surface area contributed by atoms with Crippen molar-refractivity contribution in [1.82, 2.24) is 0 Å². The molecule has 3 atom stereocenters. The van der Waals surface area contributed by atoms with E-state index in [4.69, 9.17) is 0 Å². The van der Waals surface area contributed by atoms with Gasteiger partial charge in [-0.3, -0.25) is 4.79 Å². The highest BCUT2D eigenvalue weighted by Crippen LogP contribution is 2.56. The van der Waals surface area contributed by atoms with Crippen LogP contribution in [0.2, 0.25) is 0 Å². The fraction of sp³-hybridized carbons (Fsp3) is 0.269. The molecule has 0 heterocycles. The average molecular weight is 350 g/mol. The van der Waals surface area contributed by atoms with Gasteiger partial charge in [0.1, 0.15) is 5.78 Å². The lowest BCUT2D eigenvalue weighted by Gasteiger charge is -2.38. The molecule has 0 amide bonds. The van der Waals surface area contributed by atoms with Crippen molar-refractivity contribution in [3.63, 3.8) is 0 Å². The van der Waals surface area contributed by atoms with Crippen molar-refractivity contribution in [2.24, 2.45) is 17.3 Å². The third-order valence-electron chi connectivity index (χ3n) is 7.21. The SMILES string of the molecule is O=C1Cc2cc3cccc(-c4ccccc4)c3cc2CC12CC1C=CC2C1. The van der Waals surface area contributed by atoms with E-state index in [0.717, 1.165) is 12.8 Å². The van der Waals surface area contributed by atoms with Gasteiger partial charge < -0.3 is 0 Å². The van der Waals surface area contributed by atoms with Gasteiger partial charge in [0.25, 0.3) is 0 Å². The van der Waals surface area contributed by atoms with Gasteiger partial charge in [-0.05, 0) is 64.1 Å². The van der Waals surface area contributed by atoms with E-state index in [0.29, 0.717) is 24.0 Å². The Morgan fingerprint density at radius 1 is 0.889 bits per heavy atom. The Hall–Kier alpha value is -2.67. The van der Waals surface area contributed by atoms with Gasteiger partial charge in [0.05, 0.1) is 0 Å². The van der Waals surface area contributed by atoms with Crippen molar-refractivity contribution in [3.8, 4) is 11.1 Å². The topological polar surface area (TPSA) is 17.1 Å². The molecule has 3 unspecified atom stereocenters. The molecule has 27 heavy (non-hydrogen) atoms. The molecule has 0 aliphatic heterocycles. The van der Waals surface area contributed by atoms with Crippen LogP contribution in [0.5, 0.6) is 0 Å². The lowest BCUT2D eigenvalue weighted by Crippen LogP contribution is -2.41. The highest BCUT2D eigenvalue weighted by molar-refractivity contribution is 5.99. The first-order valence-electron chi connectivity index (χ1n) is 10.0. The number of hydrogen-bond donors (Lipinski definition) is 0. The molecule has 3 aromatic rings. The molecule has 132 valence electrons. The third-order valence-corrected chi connectivity index (χ3v) is 7.21. The molecule has 1 nitrogen and oxygen atoms in total. The molecule has 0 N–H and O–H groups in total. The number of benzene rings is 3. The molecule has 3 aliphatic carbocycles. The fourth-order valence-electron chi connectivity index (χ4n) is 5.88. The monoisotopic (exact) mass is 350 g/mol. The van der Waals surface area contributed by atoms with Crippen LogP contribution in [-0.2, 0) is 17.6 Å². The second-order valence-electron chi connectivity index (χ2n) is 8.64. The number of carbonyl (C=O) groups is 1. The van der Waals surface area contributed by atoms with Crippen molar-refractivity contribution in [3.05, 3.63) is 83.9 Å². The van der Waals surface area contributed by atoms with Gasteiger partial charge in [-0.25, -0.2) is 0 Å². The number of allylic oxidation sites excluding steroid dienone is 2. The molecule has 1 spiro atoms. The highest BCUT2D eigenvalue weighted by Gasteiger charge is 2.54. The van der Waals surface area contributed by atoms with Crippen LogP contribution in [0.4, 0.5) is 0 Å². The van der Waals surface area contributed by atoms with Gasteiger partial charge in [0.15, 0.2) is 0 Å². The lowest BCUT2D eigenvalue weighted by molar-refractivity contribution is -0.130. The summed E-state index contributed by atoms with van der Waals surface area (Å²) in [5, 5.41) is 2.55. The zero-order chi connectivity index (χ0) is 18.0. The van der Waals surface area contributed by atoms with Crippen LogP contribution < -0.4 is 0 Å². The van der Waals surface area contributed by atoms with E-state index in [-0.39, 0.29) is 5.41 Å². The predicted molar refractivity (Wildman–Crippen MR) is 110 cm³/mol. The van der Waals surface area contributed by atoms with Gasteiger partial charge in [-0.15, -0.1) is 0 Å². The number of fused-ring (bicyclic) bond motifs is 5. The Bertz CT molecular complexity index is 1110. The molecule has 3 aromatic carbocycles. The number of carbonyl (C=O) groups excluding carboxylic acids is 1. The number of rotatable bonds is 1. The Morgan fingerprint density at radius 2 is 1.78 bits per heavy atom. The quantitative estimate of drug-likeness (QED) is 0.510. The molecule has 1 fully saturated rings. The standard InChI is InChI=1S/C26H22O/c27-25-14-20-12-19-7-4-8-23(18-5-2-1-3-6-18)24(19)13-21(20)16-26(25)15-17-9-10-22(26)11-17/h1-10,12-13,17,22H,11,14-16H2. The van der Waals surface area contributed by atoms with Crippen molar-refractivity contribution in [1.29, 1.82) is 0 Å². The van der Waals surface area contributed by atoms with E-state index in [9.17, 15) is 4.79 Å². The van der Waals surface area contributed by atoms with Crippen LogP contribution in [-0.4, -0.2) is 5.78 Å². The molecule has 0 aromatic heterocycles. The summed E-state index contributed by atoms with van der Waals surface area (Å²) >= 11 is 0. The molecular formula is C26H22O. The Balaban J connectivity index is 1.52. The summed E-state index contributed by atoms with van der Waals surface area (Å²) in [5.41, 5.74) is 5.06. The van der Waals surface area contributed by atoms with E-state index in [1.165, 1.54) is 39.4 Å². The smallest absolute Gasteiger partial charge is 0.144 e. The normalized spacial score (nSPS) is 28.2.